The molecule has 0 bridgehead atoms. The Kier molecular flexibility index (Phi) is 5.48. The van der Waals surface area contributed by atoms with Crippen LogP contribution in [0, 0.1) is 12.8 Å². The van der Waals surface area contributed by atoms with Crippen LogP contribution in [0.5, 0.6) is 0 Å². The number of thiophene rings is 1. The van der Waals surface area contributed by atoms with Gasteiger partial charge in [0, 0.05) is 23.8 Å². The highest BCUT2D eigenvalue weighted by Gasteiger charge is 2.33. The van der Waals surface area contributed by atoms with Crippen LogP contribution >= 0.6 is 22.9 Å². The molecule has 2 aromatic rings. The number of anilines is 1. The summed E-state index contributed by atoms with van der Waals surface area (Å²) in [5.74, 6) is -0.543. The normalized spacial score (nSPS) is 18.9. The summed E-state index contributed by atoms with van der Waals surface area (Å²) in [6.07, 6.45) is 1.33. The molecule has 1 aliphatic heterocycles. The Hall–Kier alpha value is -1.41. The number of benzene rings is 1. The van der Waals surface area contributed by atoms with E-state index in [0.29, 0.717) is 34.3 Å². The zero-order valence-corrected chi connectivity index (χ0v) is 16.1. The smallest absolute Gasteiger partial charge is 0.252 e. The molecule has 1 atom stereocenters. The molecule has 1 aromatic heterocycles. The van der Waals surface area contributed by atoms with Crippen molar-refractivity contribution in [2.75, 3.05) is 18.4 Å². The number of hydrogen-bond donors (Lipinski definition) is 1. The molecular formula is C17H19ClN2O3S2. The van der Waals surface area contributed by atoms with Gasteiger partial charge < -0.3 is 5.32 Å². The fourth-order valence-electron chi connectivity index (χ4n) is 2.88. The number of hydrogen-bond acceptors (Lipinski definition) is 4. The number of sulfonamides is 1. The molecular weight excluding hydrogens is 380 g/mol. The van der Waals surface area contributed by atoms with Crippen molar-refractivity contribution in [3.05, 3.63) is 46.3 Å². The lowest BCUT2D eigenvalue weighted by molar-refractivity contribution is -0.120. The molecule has 2 heterocycles. The van der Waals surface area contributed by atoms with E-state index in [0.717, 1.165) is 5.56 Å². The summed E-state index contributed by atoms with van der Waals surface area (Å²) in [5.41, 5.74) is 1.58. The van der Waals surface area contributed by atoms with Crippen LogP contribution in [0.25, 0.3) is 0 Å². The number of amides is 1. The van der Waals surface area contributed by atoms with Crippen molar-refractivity contribution in [2.24, 2.45) is 5.92 Å². The Balaban J connectivity index is 1.73. The largest absolute Gasteiger partial charge is 0.326 e. The third kappa shape index (κ3) is 4.06. The summed E-state index contributed by atoms with van der Waals surface area (Å²) in [6.45, 7) is 2.53. The second kappa shape index (κ2) is 7.45. The maximum Gasteiger partial charge on any atom is 0.252 e. The summed E-state index contributed by atoms with van der Waals surface area (Å²) in [4.78, 5) is 12.6. The van der Waals surface area contributed by atoms with Crippen LogP contribution in [0.4, 0.5) is 5.69 Å². The van der Waals surface area contributed by atoms with Gasteiger partial charge in [0.2, 0.25) is 5.91 Å². The molecule has 1 fully saturated rings. The first-order valence-electron chi connectivity index (χ1n) is 7.98. The van der Waals surface area contributed by atoms with Crippen molar-refractivity contribution in [1.82, 2.24) is 4.31 Å². The number of nitrogens with zero attached hydrogens (tertiary/aromatic N) is 1. The van der Waals surface area contributed by atoms with Gasteiger partial charge in [-0.1, -0.05) is 23.7 Å². The van der Waals surface area contributed by atoms with Gasteiger partial charge in [0.1, 0.15) is 4.21 Å². The van der Waals surface area contributed by atoms with Gasteiger partial charge in [-0.25, -0.2) is 8.42 Å². The van der Waals surface area contributed by atoms with E-state index in [2.05, 4.69) is 5.32 Å². The molecule has 0 radical (unpaired) electrons. The van der Waals surface area contributed by atoms with Crippen LogP contribution in [-0.2, 0) is 14.8 Å². The fourth-order valence-corrected chi connectivity index (χ4v) is 5.72. The van der Waals surface area contributed by atoms with E-state index < -0.39 is 10.0 Å². The molecule has 5 nitrogen and oxygen atoms in total. The molecule has 1 aromatic carbocycles. The molecule has 1 amide bonds. The second-order valence-electron chi connectivity index (χ2n) is 6.08. The summed E-state index contributed by atoms with van der Waals surface area (Å²) in [7, 11) is -3.52. The lowest BCUT2D eigenvalue weighted by atomic mass is 9.98. The van der Waals surface area contributed by atoms with Crippen LogP contribution in [-0.4, -0.2) is 31.7 Å². The van der Waals surface area contributed by atoms with E-state index in [1.807, 2.05) is 13.0 Å². The Labute approximate surface area is 156 Å². The van der Waals surface area contributed by atoms with Crippen LogP contribution in [0.1, 0.15) is 18.4 Å². The number of carbonyl (C=O) groups excluding carboxylic acids is 1. The number of nitrogens with one attached hydrogen (secondary N) is 1. The minimum absolute atomic E-state index is 0.170. The van der Waals surface area contributed by atoms with Gasteiger partial charge in [-0.3, -0.25) is 4.79 Å². The molecule has 8 heteroatoms. The lowest BCUT2D eigenvalue weighted by Gasteiger charge is -2.30. The van der Waals surface area contributed by atoms with Gasteiger partial charge in [0.25, 0.3) is 10.0 Å². The molecule has 1 N–H and O–H groups in total. The van der Waals surface area contributed by atoms with Gasteiger partial charge in [0.15, 0.2) is 0 Å². The van der Waals surface area contributed by atoms with Crippen LogP contribution in [0.3, 0.4) is 0 Å². The van der Waals surface area contributed by atoms with Crippen molar-refractivity contribution in [3.8, 4) is 0 Å². The predicted molar refractivity (Wildman–Crippen MR) is 101 cm³/mol. The average Bonchev–Trinajstić information content (AvgIpc) is 3.13. The molecule has 1 saturated heterocycles. The van der Waals surface area contributed by atoms with E-state index in [1.165, 1.54) is 15.6 Å². The minimum Gasteiger partial charge on any atom is -0.326 e. The molecule has 1 aliphatic rings. The first kappa shape index (κ1) is 18.4. The molecule has 0 aliphatic carbocycles. The quantitative estimate of drug-likeness (QED) is 0.852. The number of halogens is 1. The van der Waals surface area contributed by atoms with Gasteiger partial charge in [-0.2, -0.15) is 4.31 Å². The molecule has 0 spiro atoms. The maximum atomic E-state index is 12.7. The molecule has 0 unspecified atom stereocenters. The van der Waals surface area contributed by atoms with Crippen molar-refractivity contribution < 1.29 is 13.2 Å². The van der Waals surface area contributed by atoms with E-state index in [1.54, 1.807) is 29.6 Å². The minimum atomic E-state index is -3.52. The standard InChI is InChI=1S/C17H19ClN2O3S2/c1-12-6-7-14(18)10-15(12)19-17(21)13-4-2-8-20(11-13)25(22,23)16-5-3-9-24-16/h3,5-7,9-10,13H,2,4,8,11H2,1H3,(H,19,21)/t13-/m1/s1. The Morgan fingerprint density at radius 1 is 1.36 bits per heavy atom. The first-order valence-corrected chi connectivity index (χ1v) is 10.7. The highest BCUT2D eigenvalue weighted by atomic mass is 35.5. The fraction of sp³-hybridized carbons (Fsp3) is 0.353. The summed E-state index contributed by atoms with van der Waals surface area (Å²) < 4.78 is 27.1. The number of rotatable bonds is 4. The first-order chi connectivity index (χ1) is 11.9. The van der Waals surface area contributed by atoms with Crippen molar-refractivity contribution in [1.29, 1.82) is 0 Å². The molecule has 0 saturated carbocycles. The van der Waals surface area contributed by atoms with Crippen molar-refractivity contribution >= 4 is 44.6 Å². The molecule has 25 heavy (non-hydrogen) atoms. The molecule has 134 valence electrons. The highest BCUT2D eigenvalue weighted by molar-refractivity contribution is 7.91. The van der Waals surface area contributed by atoms with Crippen LogP contribution in [0.15, 0.2) is 39.9 Å². The highest BCUT2D eigenvalue weighted by Crippen LogP contribution is 2.28. The summed E-state index contributed by atoms with van der Waals surface area (Å²) in [5, 5.41) is 5.17. The van der Waals surface area contributed by atoms with E-state index in [4.69, 9.17) is 11.6 Å². The topological polar surface area (TPSA) is 66.5 Å². The average molecular weight is 399 g/mol. The van der Waals surface area contributed by atoms with E-state index in [-0.39, 0.29) is 18.4 Å². The van der Waals surface area contributed by atoms with Gasteiger partial charge in [-0.05, 0) is 48.9 Å². The van der Waals surface area contributed by atoms with Crippen LogP contribution < -0.4 is 5.32 Å². The van der Waals surface area contributed by atoms with Gasteiger partial charge >= 0.3 is 0 Å². The number of piperidine rings is 1. The summed E-state index contributed by atoms with van der Waals surface area (Å²) >= 11 is 7.18. The maximum absolute atomic E-state index is 12.7. The van der Waals surface area contributed by atoms with Crippen LogP contribution in [0.2, 0.25) is 5.02 Å². The number of aryl methyl sites for hydroxylation is 1. The van der Waals surface area contributed by atoms with Crippen molar-refractivity contribution in [2.45, 2.75) is 24.0 Å². The third-order valence-electron chi connectivity index (χ3n) is 4.30. The Morgan fingerprint density at radius 3 is 2.88 bits per heavy atom. The SMILES string of the molecule is Cc1ccc(Cl)cc1NC(=O)[C@@H]1CCCN(S(=O)(=O)c2cccs2)C1. The zero-order chi connectivity index (χ0) is 18.0. The van der Waals surface area contributed by atoms with Gasteiger partial charge in [-0.15, -0.1) is 11.3 Å². The Bertz CT molecular complexity index is 866. The van der Waals surface area contributed by atoms with Gasteiger partial charge in [0.05, 0.1) is 5.92 Å². The summed E-state index contributed by atoms with van der Waals surface area (Å²) in [6, 6.07) is 8.62. The second-order valence-corrected chi connectivity index (χ2v) is 9.63. The zero-order valence-electron chi connectivity index (χ0n) is 13.7. The number of carbonyl (C=O) groups is 1. The predicted octanol–water partition coefficient (Wildman–Crippen LogP) is 3.75. The third-order valence-corrected chi connectivity index (χ3v) is 7.77. The van der Waals surface area contributed by atoms with E-state index >= 15 is 0 Å². The molecule has 3 rings (SSSR count). The monoisotopic (exact) mass is 398 g/mol. The van der Waals surface area contributed by atoms with Crippen molar-refractivity contribution in [3.63, 3.8) is 0 Å². The Morgan fingerprint density at radius 2 is 2.16 bits per heavy atom. The lowest BCUT2D eigenvalue weighted by Crippen LogP contribution is -2.43. The van der Waals surface area contributed by atoms with E-state index in [9.17, 15) is 13.2 Å².